The minimum Gasteiger partial charge on any atom is -0.462 e. The van der Waals surface area contributed by atoms with Gasteiger partial charge in [0.05, 0.1) is 12.1 Å². The first-order valence-electron chi connectivity index (χ1n) is 7.33. The van der Waals surface area contributed by atoms with Crippen LogP contribution in [0.4, 0.5) is 4.39 Å². The van der Waals surface area contributed by atoms with Crippen LogP contribution in [0.1, 0.15) is 43.1 Å². The lowest BCUT2D eigenvalue weighted by Crippen LogP contribution is -2.20. The summed E-state index contributed by atoms with van der Waals surface area (Å²) in [5, 5.41) is 0.312. The average molecular weight is 307 g/mol. The summed E-state index contributed by atoms with van der Waals surface area (Å²) < 4.78 is 19.9. The summed E-state index contributed by atoms with van der Waals surface area (Å²) in [5.74, 6) is -1.04. The number of rotatable bonds is 2. The SMILES string of the molecule is CCC.CCOC(=O)c1cn(C)c2cc(F)c(C)cc2c1=O. The molecule has 0 aliphatic rings. The molecule has 120 valence electrons. The van der Waals surface area contributed by atoms with Gasteiger partial charge in [-0.05, 0) is 31.5 Å². The third kappa shape index (κ3) is 3.72. The van der Waals surface area contributed by atoms with Crippen LogP contribution in [0.15, 0.2) is 23.1 Å². The Kier molecular flexibility index (Phi) is 6.28. The molecule has 1 heterocycles. The normalized spacial score (nSPS) is 10.1. The molecule has 5 heteroatoms. The first-order chi connectivity index (χ1) is 10.4. The second-order valence-electron chi connectivity index (χ2n) is 5.03. The van der Waals surface area contributed by atoms with Gasteiger partial charge in [0, 0.05) is 18.6 Å². The Morgan fingerprint density at radius 3 is 2.41 bits per heavy atom. The standard InChI is InChI=1S/C14H14FNO3.C3H8/c1-4-19-14(18)10-7-16(3)12-6-11(15)8(2)5-9(12)13(10)17;1-3-2/h5-7H,4H2,1-3H3;3H2,1-2H3. The molecule has 0 spiro atoms. The number of halogens is 1. The molecule has 2 rings (SSSR count). The summed E-state index contributed by atoms with van der Waals surface area (Å²) in [5.41, 5.74) is 0.337. The number of carbonyl (C=O) groups is 1. The number of carbonyl (C=O) groups excluding carboxylic acids is 1. The largest absolute Gasteiger partial charge is 0.462 e. The number of aromatic nitrogens is 1. The van der Waals surface area contributed by atoms with Crippen molar-refractivity contribution in [2.75, 3.05) is 6.61 Å². The van der Waals surface area contributed by atoms with E-state index in [1.165, 1.54) is 24.8 Å². The zero-order valence-corrected chi connectivity index (χ0v) is 13.7. The molecular formula is C17H22FNO3. The molecule has 0 bridgehead atoms. The number of hydrogen-bond acceptors (Lipinski definition) is 3. The van der Waals surface area contributed by atoms with E-state index in [4.69, 9.17) is 4.74 Å². The van der Waals surface area contributed by atoms with Gasteiger partial charge >= 0.3 is 5.97 Å². The number of benzene rings is 1. The fourth-order valence-electron chi connectivity index (χ4n) is 1.97. The molecule has 0 aliphatic carbocycles. The average Bonchev–Trinajstić information content (AvgIpc) is 2.46. The molecule has 0 radical (unpaired) electrons. The first kappa shape index (κ1) is 17.9. The van der Waals surface area contributed by atoms with Crippen LogP contribution in [-0.4, -0.2) is 17.1 Å². The molecule has 0 aliphatic heterocycles. The van der Waals surface area contributed by atoms with E-state index < -0.39 is 11.4 Å². The van der Waals surface area contributed by atoms with E-state index in [2.05, 4.69) is 13.8 Å². The summed E-state index contributed by atoms with van der Waals surface area (Å²) in [7, 11) is 1.65. The molecular weight excluding hydrogens is 285 g/mol. The van der Waals surface area contributed by atoms with E-state index >= 15 is 0 Å². The minimum absolute atomic E-state index is 0.0390. The zero-order chi connectivity index (χ0) is 16.9. The molecule has 1 aromatic heterocycles. The lowest BCUT2D eigenvalue weighted by atomic mass is 10.1. The molecule has 0 amide bonds. The highest BCUT2D eigenvalue weighted by molar-refractivity contribution is 5.93. The predicted molar refractivity (Wildman–Crippen MR) is 85.8 cm³/mol. The topological polar surface area (TPSA) is 48.3 Å². The molecule has 0 saturated carbocycles. The van der Waals surface area contributed by atoms with E-state index in [0.29, 0.717) is 16.5 Å². The van der Waals surface area contributed by atoms with Crippen molar-refractivity contribution >= 4 is 16.9 Å². The second-order valence-corrected chi connectivity index (χ2v) is 5.03. The van der Waals surface area contributed by atoms with Crippen molar-refractivity contribution < 1.29 is 13.9 Å². The second kappa shape index (κ2) is 7.73. The van der Waals surface area contributed by atoms with Gasteiger partial charge in [0.2, 0.25) is 5.43 Å². The van der Waals surface area contributed by atoms with Crippen molar-refractivity contribution in [1.82, 2.24) is 4.57 Å². The minimum atomic E-state index is -0.660. The highest BCUT2D eigenvalue weighted by atomic mass is 19.1. The van der Waals surface area contributed by atoms with Crippen molar-refractivity contribution in [3.63, 3.8) is 0 Å². The summed E-state index contributed by atoms with van der Waals surface area (Å²) in [4.78, 5) is 23.9. The molecule has 0 atom stereocenters. The van der Waals surface area contributed by atoms with Crippen molar-refractivity contribution in [2.45, 2.75) is 34.1 Å². The third-order valence-corrected chi connectivity index (χ3v) is 2.96. The lowest BCUT2D eigenvalue weighted by Gasteiger charge is -2.09. The van der Waals surface area contributed by atoms with Crippen molar-refractivity contribution in [3.8, 4) is 0 Å². The number of pyridine rings is 1. The Balaban J connectivity index is 0.000000745. The van der Waals surface area contributed by atoms with E-state index in [1.54, 1.807) is 25.5 Å². The Bertz CT molecular complexity index is 735. The van der Waals surface area contributed by atoms with Gasteiger partial charge in [0.25, 0.3) is 0 Å². The van der Waals surface area contributed by atoms with Crippen LogP contribution in [-0.2, 0) is 11.8 Å². The number of esters is 1. The Hall–Kier alpha value is -2.17. The van der Waals surface area contributed by atoms with E-state index in [0.717, 1.165) is 0 Å². The molecule has 0 N–H and O–H groups in total. The summed E-state index contributed by atoms with van der Waals surface area (Å²) in [6.07, 6.45) is 2.62. The molecule has 0 fully saturated rings. The summed E-state index contributed by atoms with van der Waals surface area (Å²) in [6.45, 7) is 7.69. The molecule has 0 unspecified atom stereocenters. The number of hydrogen-bond donors (Lipinski definition) is 0. The predicted octanol–water partition coefficient (Wildman–Crippen LogP) is 3.58. The van der Waals surface area contributed by atoms with Crippen LogP contribution in [0, 0.1) is 12.7 Å². The quantitative estimate of drug-likeness (QED) is 0.797. The number of aryl methyl sites for hydroxylation is 2. The highest BCUT2D eigenvalue weighted by Gasteiger charge is 2.16. The smallest absolute Gasteiger partial charge is 0.343 e. The van der Waals surface area contributed by atoms with Gasteiger partial charge in [-0.2, -0.15) is 0 Å². The van der Waals surface area contributed by atoms with Crippen LogP contribution < -0.4 is 5.43 Å². The van der Waals surface area contributed by atoms with Crippen LogP contribution in [0.2, 0.25) is 0 Å². The van der Waals surface area contributed by atoms with Gasteiger partial charge in [-0.25, -0.2) is 9.18 Å². The van der Waals surface area contributed by atoms with Crippen LogP contribution in [0.5, 0.6) is 0 Å². The summed E-state index contributed by atoms with van der Waals surface area (Å²) >= 11 is 0. The maximum absolute atomic E-state index is 13.5. The molecule has 22 heavy (non-hydrogen) atoms. The highest BCUT2D eigenvalue weighted by Crippen LogP contribution is 2.16. The number of ether oxygens (including phenoxy) is 1. The van der Waals surface area contributed by atoms with Crippen LogP contribution in [0.3, 0.4) is 0 Å². The van der Waals surface area contributed by atoms with Crippen LogP contribution >= 0.6 is 0 Å². The summed E-state index contributed by atoms with van der Waals surface area (Å²) in [6, 6.07) is 2.75. The van der Waals surface area contributed by atoms with Gasteiger partial charge in [0.1, 0.15) is 11.4 Å². The third-order valence-electron chi connectivity index (χ3n) is 2.96. The van der Waals surface area contributed by atoms with Gasteiger partial charge < -0.3 is 9.30 Å². The fourth-order valence-corrected chi connectivity index (χ4v) is 1.97. The maximum Gasteiger partial charge on any atom is 0.343 e. The van der Waals surface area contributed by atoms with E-state index in [9.17, 15) is 14.0 Å². The number of fused-ring (bicyclic) bond motifs is 1. The molecule has 1 aromatic carbocycles. The van der Waals surface area contributed by atoms with Crippen molar-refractivity contribution in [3.05, 3.63) is 45.5 Å². The first-order valence-corrected chi connectivity index (χ1v) is 7.33. The van der Waals surface area contributed by atoms with Crippen molar-refractivity contribution in [1.29, 1.82) is 0 Å². The van der Waals surface area contributed by atoms with Gasteiger partial charge in [-0.3, -0.25) is 4.79 Å². The maximum atomic E-state index is 13.5. The lowest BCUT2D eigenvalue weighted by molar-refractivity contribution is 0.0524. The Labute approximate surface area is 129 Å². The van der Waals surface area contributed by atoms with Gasteiger partial charge in [-0.1, -0.05) is 20.3 Å². The van der Waals surface area contributed by atoms with Crippen molar-refractivity contribution in [2.24, 2.45) is 7.05 Å². The monoisotopic (exact) mass is 307 g/mol. The number of nitrogens with zero attached hydrogens (tertiary/aromatic N) is 1. The molecule has 0 saturated heterocycles. The Morgan fingerprint density at radius 2 is 1.86 bits per heavy atom. The molecule has 2 aromatic rings. The van der Waals surface area contributed by atoms with E-state index in [1.807, 2.05) is 0 Å². The Morgan fingerprint density at radius 1 is 1.27 bits per heavy atom. The van der Waals surface area contributed by atoms with Gasteiger partial charge in [0.15, 0.2) is 0 Å². The molecule has 4 nitrogen and oxygen atoms in total. The van der Waals surface area contributed by atoms with Gasteiger partial charge in [-0.15, -0.1) is 0 Å². The van der Waals surface area contributed by atoms with Crippen LogP contribution in [0.25, 0.3) is 10.9 Å². The zero-order valence-electron chi connectivity index (χ0n) is 13.7. The fraction of sp³-hybridized carbons (Fsp3) is 0.412. The van der Waals surface area contributed by atoms with E-state index in [-0.39, 0.29) is 18.0 Å².